The smallest absolute Gasteiger partial charge is 0.344 e. The molecule has 0 aliphatic carbocycles. The summed E-state index contributed by atoms with van der Waals surface area (Å²) >= 11 is 0. The van der Waals surface area contributed by atoms with Gasteiger partial charge >= 0.3 is 11.6 Å². The summed E-state index contributed by atoms with van der Waals surface area (Å²) in [7, 11) is 0. The lowest BCUT2D eigenvalue weighted by molar-refractivity contribution is -0.145. The molecule has 25 heavy (non-hydrogen) atoms. The number of fused-ring (bicyclic) bond motifs is 1. The summed E-state index contributed by atoms with van der Waals surface area (Å²) in [5, 5.41) is 1.31. The predicted octanol–water partition coefficient (Wildman–Crippen LogP) is 3.71. The van der Waals surface area contributed by atoms with Crippen molar-refractivity contribution in [2.45, 2.75) is 13.8 Å². The molecule has 5 nitrogen and oxygen atoms in total. The van der Waals surface area contributed by atoms with Crippen molar-refractivity contribution in [1.29, 1.82) is 0 Å². The molecule has 0 bridgehead atoms. The topological polar surface area (TPSA) is 65.7 Å². The van der Waals surface area contributed by atoms with Crippen LogP contribution in [0.5, 0.6) is 5.75 Å². The first-order valence-electron chi connectivity index (χ1n) is 8.01. The first kappa shape index (κ1) is 16.8. The van der Waals surface area contributed by atoms with Crippen molar-refractivity contribution in [1.82, 2.24) is 0 Å². The third kappa shape index (κ3) is 3.71. The predicted molar refractivity (Wildman–Crippen MR) is 94.8 cm³/mol. The molecule has 2 aromatic carbocycles. The number of hydrogen-bond acceptors (Lipinski definition) is 5. The summed E-state index contributed by atoms with van der Waals surface area (Å²) in [6.07, 6.45) is 0. The molecular weight excluding hydrogens is 320 g/mol. The van der Waals surface area contributed by atoms with Crippen LogP contribution in [0, 0.1) is 6.92 Å². The van der Waals surface area contributed by atoms with Gasteiger partial charge in [0.1, 0.15) is 11.5 Å². The highest BCUT2D eigenvalue weighted by Gasteiger charge is 2.13. The van der Waals surface area contributed by atoms with Crippen LogP contribution in [-0.2, 0) is 9.53 Å². The maximum atomic E-state index is 12.2. The Balaban J connectivity index is 2.03. The molecule has 0 spiro atoms. The van der Waals surface area contributed by atoms with Gasteiger partial charge in [0.15, 0.2) is 6.61 Å². The molecule has 128 valence electrons. The van der Waals surface area contributed by atoms with Crippen LogP contribution in [0.3, 0.4) is 0 Å². The quantitative estimate of drug-likeness (QED) is 0.664. The lowest BCUT2D eigenvalue weighted by Gasteiger charge is -2.12. The van der Waals surface area contributed by atoms with Crippen LogP contribution in [0.2, 0.25) is 0 Å². The summed E-state index contributed by atoms with van der Waals surface area (Å²) in [5.74, 6) is 0.400. The van der Waals surface area contributed by atoms with Gasteiger partial charge < -0.3 is 13.9 Å². The Kier molecular flexibility index (Phi) is 4.84. The van der Waals surface area contributed by atoms with E-state index in [1.807, 2.05) is 31.2 Å². The van der Waals surface area contributed by atoms with Crippen molar-refractivity contribution in [3.63, 3.8) is 0 Å². The maximum Gasteiger partial charge on any atom is 0.344 e. The maximum absolute atomic E-state index is 12.2. The Hall–Kier alpha value is -3.08. The van der Waals surface area contributed by atoms with Gasteiger partial charge in [-0.15, -0.1) is 0 Å². The minimum absolute atomic E-state index is 0.207. The summed E-state index contributed by atoms with van der Waals surface area (Å²) < 4.78 is 15.9. The second-order valence-corrected chi connectivity index (χ2v) is 5.58. The third-order valence-corrected chi connectivity index (χ3v) is 3.72. The fraction of sp³-hybridized carbons (Fsp3) is 0.200. The molecule has 0 saturated heterocycles. The SMILES string of the molecule is CCOC(=O)COc1ccc(C)cc1-c1cc2ccccc2c(=O)o1. The van der Waals surface area contributed by atoms with Crippen molar-refractivity contribution in [2.24, 2.45) is 0 Å². The van der Waals surface area contributed by atoms with E-state index in [9.17, 15) is 9.59 Å². The Bertz CT molecular complexity index is 971. The molecule has 0 radical (unpaired) electrons. The van der Waals surface area contributed by atoms with E-state index in [0.29, 0.717) is 29.1 Å². The molecular formula is C20H18O5. The minimum atomic E-state index is -0.450. The van der Waals surface area contributed by atoms with E-state index in [0.717, 1.165) is 10.9 Å². The number of aryl methyl sites for hydroxylation is 1. The van der Waals surface area contributed by atoms with Crippen molar-refractivity contribution >= 4 is 16.7 Å². The number of carbonyl (C=O) groups excluding carboxylic acids is 1. The standard InChI is InChI=1S/C20H18O5/c1-3-23-19(21)12-24-17-9-8-13(2)10-16(17)18-11-14-6-4-5-7-15(14)20(22)25-18/h4-11H,3,12H2,1-2H3. The normalized spacial score (nSPS) is 10.6. The molecule has 0 aliphatic heterocycles. The van der Waals surface area contributed by atoms with Crippen LogP contribution in [0.25, 0.3) is 22.1 Å². The molecule has 0 amide bonds. The number of hydrogen-bond donors (Lipinski definition) is 0. The number of rotatable bonds is 5. The molecule has 1 heterocycles. The van der Waals surface area contributed by atoms with Crippen LogP contribution >= 0.6 is 0 Å². The molecule has 0 N–H and O–H groups in total. The Morgan fingerprint density at radius 3 is 2.72 bits per heavy atom. The number of benzene rings is 2. The van der Waals surface area contributed by atoms with Crippen molar-refractivity contribution < 1.29 is 18.7 Å². The number of ether oxygens (including phenoxy) is 2. The average molecular weight is 338 g/mol. The third-order valence-electron chi connectivity index (χ3n) is 3.72. The van der Waals surface area contributed by atoms with Gasteiger partial charge in [-0.3, -0.25) is 0 Å². The Morgan fingerprint density at radius 2 is 1.92 bits per heavy atom. The highest BCUT2D eigenvalue weighted by molar-refractivity contribution is 5.85. The van der Waals surface area contributed by atoms with E-state index < -0.39 is 11.6 Å². The van der Waals surface area contributed by atoms with E-state index >= 15 is 0 Å². The van der Waals surface area contributed by atoms with Gasteiger partial charge in [0.2, 0.25) is 0 Å². The van der Waals surface area contributed by atoms with Crippen molar-refractivity contribution in [2.75, 3.05) is 13.2 Å². The number of esters is 1. The van der Waals surface area contributed by atoms with E-state index in [4.69, 9.17) is 13.9 Å². The van der Waals surface area contributed by atoms with Gasteiger partial charge in [-0.25, -0.2) is 9.59 Å². The highest BCUT2D eigenvalue weighted by atomic mass is 16.6. The molecule has 3 aromatic rings. The fourth-order valence-corrected chi connectivity index (χ4v) is 2.57. The first-order valence-corrected chi connectivity index (χ1v) is 8.01. The summed E-state index contributed by atoms with van der Waals surface area (Å²) in [5.41, 5.74) is 1.19. The van der Waals surface area contributed by atoms with Gasteiger partial charge in [0.05, 0.1) is 17.6 Å². The van der Waals surface area contributed by atoms with Crippen molar-refractivity contribution in [3.8, 4) is 17.1 Å². The van der Waals surface area contributed by atoms with E-state index in [1.54, 1.807) is 31.2 Å². The summed E-state index contributed by atoms with van der Waals surface area (Å²) in [6, 6.07) is 14.5. The molecule has 5 heteroatoms. The van der Waals surface area contributed by atoms with Crippen LogP contribution < -0.4 is 10.4 Å². The summed E-state index contributed by atoms with van der Waals surface area (Å²) in [4.78, 5) is 23.8. The zero-order valence-electron chi connectivity index (χ0n) is 14.1. The second kappa shape index (κ2) is 7.21. The highest BCUT2D eigenvalue weighted by Crippen LogP contribution is 2.32. The van der Waals surface area contributed by atoms with E-state index in [-0.39, 0.29) is 6.61 Å². The largest absolute Gasteiger partial charge is 0.481 e. The first-order chi connectivity index (χ1) is 12.1. The van der Waals surface area contributed by atoms with Gasteiger partial charge in [-0.1, -0.05) is 29.8 Å². The van der Waals surface area contributed by atoms with Crippen LogP contribution in [0.1, 0.15) is 12.5 Å². The van der Waals surface area contributed by atoms with Crippen LogP contribution in [-0.4, -0.2) is 19.2 Å². The van der Waals surface area contributed by atoms with Gasteiger partial charge in [-0.05, 0) is 43.5 Å². The monoisotopic (exact) mass is 338 g/mol. The van der Waals surface area contributed by atoms with E-state index in [2.05, 4.69) is 0 Å². The molecule has 1 aromatic heterocycles. The minimum Gasteiger partial charge on any atom is -0.481 e. The Morgan fingerprint density at radius 1 is 1.12 bits per heavy atom. The second-order valence-electron chi connectivity index (χ2n) is 5.58. The average Bonchev–Trinajstić information content (AvgIpc) is 2.61. The molecule has 0 unspecified atom stereocenters. The fourth-order valence-electron chi connectivity index (χ4n) is 2.57. The Labute approximate surface area is 144 Å². The van der Waals surface area contributed by atoms with Crippen LogP contribution in [0.4, 0.5) is 0 Å². The lowest BCUT2D eigenvalue weighted by Crippen LogP contribution is -2.15. The molecule has 0 atom stereocenters. The van der Waals surface area contributed by atoms with Gasteiger partial charge in [-0.2, -0.15) is 0 Å². The lowest BCUT2D eigenvalue weighted by atomic mass is 10.1. The zero-order valence-corrected chi connectivity index (χ0v) is 14.1. The molecule has 0 saturated carbocycles. The van der Waals surface area contributed by atoms with Crippen LogP contribution in [0.15, 0.2) is 57.7 Å². The molecule has 3 rings (SSSR count). The molecule has 0 fully saturated rings. The summed E-state index contributed by atoms with van der Waals surface area (Å²) in [6.45, 7) is 3.75. The molecule has 0 aliphatic rings. The van der Waals surface area contributed by atoms with Gasteiger partial charge in [0, 0.05) is 0 Å². The van der Waals surface area contributed by atoms with E-state index in [1.165, 1.54) is 0 Å². The zero-order chi connectivity index (χ0) is 17.8. The van der Waals surface area contributed by atoms with Gasteiger partial charge in [0.25, 0.3) is 0 Å². The number of carbonyl (C=O) groups is 1. The van der Waals surface area contributed by atoms with Crippen molar-refractivity contribution in [3.05, 3.63) is 64.5 Å².